The standard InChI is InChI=1S/C13H13N/c1-3-4-7-11-10(2)14-13-9-6-5-8-12(11)13/h3-9,14H,2H2,1H3/b4-3-,11-7+. The summed E-state index contributed by atoms with van der Waals surface area (Å²) in [4.78, 5) is 3.26. The first-order valence-corrected chi connectivity index (χ1v) is 4.71. The van der Waals surface area contributed by atoms with E-state index in [-0.39, 0.29) is 0 Å². The molecule has 1 aromatic heterocycles. The van der Waals surface area contributed by atoms with E-state index in [9.17, 15) is 0 Å². The molecule has 0 amide bonds. The van der Waals surface area contributed by atoms with E-state index in [1.165, 1.54) is 10.6 Å². The summed E-state index contributed by atoms with van der Waals surface area (Å²) >= 11 is 0. The number of rotatable bonds is 1. The van der Waals surface area contributed by atoms with Gasteiger partial charge in [0.2, 0.25) is 0 Å². The third-order valence-corrected chi connectivity index (χ3v) is 2.28. The van der Waals surface area contributed by atoms with Crippen LogP contribution >= 0.6 is 0 Å². The molecule has 1 heterocycles. The van der Waals surface area contributed by atoms with Crippen LogP contribution in [0.5, 0.6) is 0 Å². The summed E-state index contributed by atoms with van der Waals surface area (Å²) in [5.74, 6) is 0. The van der Waals surface area contributed by atoms with Crippen molar-refractivity contribution in [2.75, 3.05) is 0 Å². The number of para-hydroxylation sites is 1. The lowest BCUT2D eigenvalue weighted by atomic mass is 10.2. The zero-order valence-electron chi connectivity index (χ0n) is 8.25. The summed E-state index contributed by atoms with van der Waals surface area (Å²) in [7, 11) is 0. The number of hydrogen-bond acceptors (Lipinski definition) is 0. The molecule has 14 heavy (non-hydrogen) atoms. The molecule has 0 spiro atoms. The fraction of sp³-hybridized carbons (Fsp3) is 0.0769. The number of allylic oxidation sites excluding steroid dienone is 2. The SMILES string of the molecule is C=c1[nH]c2ccccc2/c1=C/C=C\C. The molecule has 0 radical (unpaired) electrons. The van der Waals surface area contributed by atoms with Gasteiger partial charge in [0.15, 0.2) is 0 Å². The van der Waals surface area contributed by atoms with Crippen LogP contribution in [0.3, 0.4) is 0 Å². The molecule has 0 aliphatic heterocycles. The Morgan fingerprint density at radius 2 is 2.07 bits per heavy atom. The summed E-state index contributed by atoms with van der Waals surface area (Å²) in [6.07, 6.45) is 6.13. The number of nitrogens with one attached hydrogen (secondary N) is 1. The number of fused-ring (bicyclic) bond motifs is 1. The first kappa shape index (κ1) is 8.82. The lowest BCUT2D eigenvalue weighted by molar-refractivity contribution is 1.37. The maximum Gasteiger partial charge on any atom is 0.0464 e. The largest absolute Gasteiger partial charge is 0.355 e. The second-order valence-electron chi connectivity index (χ2n) is 3.26. The molecule has 0 fully saturated rings. The molecule has 0 aliphatic carbocycles. The van der Waals surface area contributed by atoms with Crippen molar-refractivity contribution in [3.05, 3.63) is 47.0 Å². The highest BCUT2D eigenvalue weighted by molar-refractivity contribution is 5.81. The Morgan fingerprint density at radius 1 is 1.29 bits per heavy atom. The normalized spacial score (nSPS) is 13.1. The second-order valence-corrected chi connectivity index (χ2v) is 3.26. The van der Waals surface area contributed by atoms with Crippen LogP contribution in [0.25, 0.3) is 23.6 Å². The Hall–Kier alpha value is -1.76. The summed E-state index contributed by atoms with van der Waals surface area (Å²) < 4.78 is 0. The van der Waals surface area contributed by atoms with Gasteiger partial charge in [-0.25, -0.2) is 0 Å². The predicted octanol–water partition coefficient (Wildman–Crippen LogP) is 1.93. The molecular weight excluding hydrogens is 170 g/mol. The smallest absolute Gasteiger partial charge is 0.0464 e. The molecule has 1 heteroatoms. The van der Waals surface area contributed by atoms with E-state index in [1.54, 1.807) is 0 Å². The van der Waals surface area contributed by atoms with Gasteiger partial charge in [-0.2, -0.15) is 0 Å². The molecule has 1 nitrogen and oxygen atoms in total. The Balaban J connectivity index is 2.88. The van der Waals surface area contributed by atoms with Crippen molar-refractivity contribution in [2.24, 2.45) is 0 Å². The van der Waals surface area contributed by atoms with Crippen LogP contribution in [0.2, 0.25) is 0 Å². The zero-order valence-corrected chi connectivity index (χ0v) is 8.25. The first-order chi connectivity index (χ1) is 6.83. The molecule has 1 aromatic carbocycles. The minimum atomic E-state index is 0.976. The molecule has 0 saturated carbocycles. The van der Waals surface area contributed by atoms with Crippen LogP contribution in [0, 0.1) is 0 Å². The van der Waals surface area contributed by atoms with E-state index in [0.717, 1.165) is 10.9 Å². The second kappa shape index (κ2) is 3.54. The third-order valence-electron chi connectivity index (χ3n) is 2.28. The molecule has 0 saturated heterocycles. The van der Waals surface area contributed by atoms with E-state index in [1.807, 2.05) is 31.2 Å². The Morgan fingerprint density at radius 3 is 2.86 bits per heavy atom. The molecule has 2 aromatic rings. The highest BCUT2D eigenvalue weighted by Gasteiger charge is 1.95. The van der Waals surface area contributed by atoms with Crippen molar-refractivity contribution >= 4 is 23.6 Å². The molecule has 0 unspecified atom stereocenters. The van der Waals surface area contributed by atoms with Gasteiger partial charge in [-0.05, 0) is 13.0 Å². The van der Waals surface area contributed by atoms with Gasteiger partial charge in [0.1, 0.15) is 0 Å². The van der Waals surface area contributed by atoms with Crippen LogP contribution in [0.15, 0.2) is 36.4 Å². The van der Waals surface area contributed by atoms with Crippen LogP contribution in [-0.2, 0) is 0 Å². The quantitative estimate of drug-likeness (QED) is 0.695. The molecule has 70 valence electrons. The van der Waals surface area contributed by atoms with Crippen LogP contribution in [0.1, 0.15) is 6.92 Å². The van der Waals surface area contributed by atoms with Gasteiger partial charge < -0.3 is 4.98 Å². The minimum absolute atomic E-state index is 0.976. The summed E-state index contributed by atoms with van der Waals surface area (Å²) in [6, 6.07) is 8.24. The van der Waals surface area contributed by atoms with Crippen molar-refractivity contribution in [1.82, 2.24) is 4.98 Å². The Kier molecular flexibility index (Phi) is 2.23. The number of hydrogen-bond donors (Lipinski definition) is 1. The predicted molar refractivity (Wildman–Crippen MR) is 62.3 cm³/mol. The number of H-pyrrole nitrogens is 1. The van der Waals surface area contributed by atoms with Crippen molar-refractivity contribution in [2.45, 2.75) is 6.92 Å². The van der Waals surface area contributed by atoms with E-state index < -0.39 is 0 Å². The Labute approximate surface area is 83.1 Å². The highest BCUT2D eigenvalue weighted by atomic mass is 14.7. The molecule has 0 atom stereocenters. The highest BCUT2D eigenvalue weighted by Crippen LogP contribution is 2.03. The monoisotopic (exact) mass is 183 g/mol. The van der Waals surface area contributed by atoms with Gasteiger partial charge in [0, 0.05) is 21.5 Å². The fourth-order valence-corrected chi connectivity index (χ4v) is 1.60. The van der Waals surface area contributed by atoms with Crippen LogP contribution in [0.4, 0.5) is 0 Å². The maximum atomic E-state index is 3.99. The van der Waals surface area contributed by atoms with Crippen molar-refractivity contribution in [1.29, 1.82) is 0 Å². The van der Waals surface area contributed by atoms with Gasteiger partial charge in [0.05, 0.1) is 0 Å². The van der Waals surface area contributed by atoms with Crippen molar-refractivity contribution in [3.8, 4) is 0 Å². The Bertz CT molecular complexity index is 573. The first-order valence-electron chi connectivity index (χ1n) is 4.71. The summed E-state index contributed by atoms with van der Waals surface area (Å²) in [5.41, 5.74) is 1.15. The topological polar surface area (TPSA) is 15.8 Å². The van der Waals surface area contributed by atoms with Gasteiger partial charge in [-0.15, -0.1) is 0 Å². The molecule has 2 rings (SSSR count). The van der Waals surface area contributed by atoms with Gasteiger partial charge >= 0.3 is 0 Å². The average molecular weight is 183 g/mol. The van der Waals surface area contributed by atoms with Crippen molar-refractivity contribution < 1.29 is 0 Å². The number of benzene rings is 1. The van der Waals surface area contributed by atoms with Gasteiger partial charge in [-0.3, -0.25) is 0 Å². The lowest BCUT2D eigenvalue weighted by Gasteiger charge is -1.85. The fourth-order valence-electron chi connectivity index (χ4n) is 1.60. The van der Waals surface area contributed by atoms with E-state index >= 15 is 0 Å². The van der Waals surface area contributed by atoms with E-state index in [4.69, 9.17) is 0 Å². The maximum absolute atomic E-state index is 3.99. The average Bonchev–Trinajstić information content (AvgIpc) is 2.51. The van der Waals surface area contributed by atoms with Crippen LogP contribution in [-0.4, -0.2) is 4.98 Å². The van der Waals surface area contributed by atoms with Gasteiger partial charge in [-0.1, -0.05) is 43.0 Å². The molecular formula is C13H13N. The number of aromatic amines is 1. The van der Waals surface area contributed by atoms with Crippen LogP contribution < -0.4 is 10.6 Å². The number of aromatic nitrogens is 1. The molecule has 1 N–H and O–H groups in total. The molecule has 0 bridgehead atoms. The summed E-state index contributed by atoms with van der Waals surface area (Å²) in [6.45, 7) is 6.00. The zero-order chi connectivity index (χ0) is 9.97. The minimum Gasteiger partial charge on any atom is -0.355 e. The van der Waals surface area contributed by atoms with E-state index in [0.29, 0.717) is 0 Å². The molecule has 0 aliphatic rings. The van der Waals surface area contributed by atoms with Gasteiger partial charge in [0.25, 0.3) is 0 Å². The lowest BCUT2D eigenvalue weighted by Crippen LogP contribution is -2.19. The third kappa shape index (κ3) is 1.37. The van der Waals surface area contributed by atoms with Crippen molar-refractivity contribution in [3.63, 3.8) is 0 Å². The summed E-state index contributed by atoms with van der Waals surface area (Å²) in [5, 5.41) is 3.39. The van der Waals surface area contributed by atoms with E-state index in [2.05, 4.69) is 29.8 Å².